The molecule has 2 rings (SSSR count). The number of amides is 1. The summed E-state index contributed by atoms with van der Waals surface area (Å²) in [6.07, 6.45) is 26.9. The molecule has 2 fully saturated rings. The summed E-state index contributed by atoms with van der Waals surface area (Å²) in [6, 6.07) is -0.821. The third kappa shape index (κ3) is 27.7. The smallest absolute Gasteiger partial charge is 0.220 e. The second-order valence-electron chi connectivity index (χ2n) is 20.4. The Balaban J connectivity index is 1.72. The monoisotopic (exact) mass is 976 g/mol. The summed E-state index contributed by atoms with van der Waals surface area (Å²) in [5.74, 6) is -0.202. The fourth-order valence-corrected chi connectivity index (χ4v) is 9.71. The quantitative estimate of drug-likeness (QED) is 0.0261. The molecule has 2 saturated heterocycles. The summed E-state index contributed by atoms with van der Waals surface area (Å²) < 4.78 is 22.8. The molecule has 14 heteroatoms. The Morgan fingerprint density at radius 3 is 1.25 bits per heavy atom. The third-order valence-corrected chi connectivity index (χ3v) is 14.3. The Kier molecular flexibility index (Phi) is 38.5. The molecular weight excluding hydrogens is 871 g/mol. The number of unbranched alkanes of at least 4 members (excludes halogenated alkanes) is 32. The van der Waals surface area contributed by atoms with Crippen molar-refractivity contribution in [3.63, 3.8) is 0 Å². The number of aliphatic hydroxyl groups is 8. The second kappa shape index (κ2) is 41.5. The largest absolute Gasteiger partial charge is 0.394 e. The summed E-state index contributed by atoms with van der Waals surface area (Å²) in [5, 5.41) is 87.0. The predicted molar refractivity (Wildman–Crippen MR) is 268 cm³/mol. The van der Waals surface area contributed by atoms with Crippen LogP contribution in [0.4, 0.5) is 0 Å². The van der Waals surface area contributed by atoms with Crippen LogP contribution < -0.4 is 5.32 Å². The zero-order valence-electron chi connectivity index (χ0n) is 43.1. The fourth-order valence-electron chi connectivity index (χ4n) is 9.71. The number of carbonyl (C=O) groups excluding carboxylic acids is 1. The highest BCUT2D eigenvalue weighted by atomic mass is 16.7. The first-order chi connectivity index (χ1) is 33.1. The highest BCUT2D eigenvalue weighted by molar-refractivity contribution is 5.76. The molecule has 9 N–H and O–H groups in total. The fraction of sp³-hybridized carbons (Fsp3) is 0.981. The Morgan fingerprint density at radius 1 is 0.471 bits per heavy atom. The maximum Gasteiger partial charge on any atom is 0.220 e. The van der Waals surface area contributed by atoms with Crippen molar-refractivity contribution in [1.29, 1.82) is 0 Å². The van der Waals surface area contributed by atoms with Gasteiger partial charge in [-0.25, -0.2) is 0 Å². The number of ether oxygens (including phenoxy) is 4. The molecule has 0 bridgehead atoms. The lowest BCUT2D eigenvalue weighted by Crippen LogP contribution is -2.65. The van der Waals surface area contributed by atoms with Gasteiger partial charge in [0.2, 0.25) is 5.91 Å². The molecule has 0 spiro atoms. The lowest BCUT2D eigenvalue weighted by Gasteiger charge is -2.46. The van der Waals surface area contributed by atoms with Gasteiger partial charge in [-0.3, -0.25) is 4.79 Å². The van der Waals surface area contributed by atoms with Crippen LogP contribution in [0.3, 0.4) is 0 Å². The van der Waals surface area contributed by atoms with Crippen molar-refractivity contribution in [3.05, 3.63) is 0 Å². The van der Waals surface area contributed by atoms with Crippen molar-refractivity contribution in [3.8, 4) is 0 Å². The number of nitrogens with one attached hydrogen (secondary N) is 1. The molecule has 68 heavy (non-hydrogen) atoms. The topological polar surface area (TPSA) is 228 Å². The van der Waals surface area contributed by atoms with E-state index in [0.717, 1.165) is 51.4 Å². The maximum atomic E-state index is 13.2. The van der Waals surface area contributed by atoms with Crippen molar-refractivity contribution in [2.24, 2.45) is 0 Å². The highest BCUT2D eigenvalue weighted by Gasteiger charge is 2.51. The van der Waals surface area contributed by atoms with E-state index in [4.69, 9.17) is 18.9 Å². The molecule has 0 aromatic carbocycles. The average Bonchev–Trinajstić information content (AvgIpc) is 3.34. The van der Waals surface area contributed by atoms with Crippen LogP contribution in [-0.2, 0) is 23.7 Å². The first kappa shape index (κ1) is 63.1. The molecule has 2 heterocycles. The molecule has 0 saturated carbocycles. The minimum absolute atomic E-state index is 0.202. The van der Waals surface area contributed by atoms with E-state index in [1.165, 1.54) is 167 Å². The first-order valence-electron chi connectivity index (χ1n) is 28.3. The summed E-state index contributed by atoms with van der Waals surface area (Å²) in [7, 11) is 0. The van der Waals surface area contributed by atoms with Crippen LogP contribution in [0.25, 0.3) is 0 Å². The van der Waals surface area contributed by atoms with E-state index >= 15 is 0 Å². The van der Waals surface area contributed by atoms with Crippen LogP contribution in [0.1, 0.15) is 245 Å². The molecule has 0 aliphatic carbocycles. The molecule has 12 atom stereocenters. The number of carbonyl (C=O) groups is 1. The molecule has 1 amide bonds. The Labute approximate surface area is 413 Å². The summed E-state index contributed by atoms with van der Waals surface area (Å²) in [4.78, 5) is 13.2. The van der Waals surface area contributed by atoms with Crippen molar-refractivity contribution in [2.75, 3.05) is 19.8 Å². The van der Waals surface area contributed by atoms with Gasteiger partial charge in [0.15, 0.2) is 12.6 Å². The third-order valence-electron chi connectivity index (χ3n) is 14.3. The molecule has 2 aliphatic rings. The number of hydrogen-bond donors (Lipinski definition) is 9. The van der Waals surface area contributed by atoms with Crippen LogP contribution in [0.2, 0.25) is 0 Å². The summed E-state index contributed by atoms with van der Waals surface area (Å²) in [6.45, 7) is 2.87. The zero-order valence-corrected chi connectivity index (χ0v) is 43.1. The van der Waals surface area contributed by atoms with E-state index in [1.54, 1.807) is 0 Å². The van der Waals surface area contributed by atoms with Gasteiger partial charge >= 0.3 is 0 Å². The summed E-state index contributed by atoms with van der Waals surface area (Å²) in [5.41, 5.74) is 0. The molecule has 14 nitrogen and oxygen atoms in total. The van der Waals surface area contributed by atoms with E-state index in [0.29, 0.717) is 12.8 Å². The molecular formula is C54H105NO13. The maximum absolute atomic E-state index is 13.2. The Hall–Kier alpha value is -1.01. The molecule has 0 aromatic rings. The zero-order chi connectivity index (χ0) is 49.6. The van der Waals surface area contributed by atoms with Gasteiger partial charge in [0.1, 0.15) is 48.8 Å². The Bertz CT molecular complexity index is 1150. The van der Waals surface area contributed by atoms with Gasteiger partial charge in [0.05, 0.1) is 32.0 Å². The van der Waals surface area contributed by atoms with E-state index in [2.05, 4.69) is 19.2 Å². The van der Waals surface area contributed by atoms with Gasteiger partial charge in [-0.15, -0.1) is 0 Å². The van der Waals surface area contributed by atoms with Gasteiger partial charge in [0, 0.05) is 6.42 Å². The minimum Gasteiger partial charge on any atom is -0.394 e. The lowest BCUT2D eigenvalue weighted by molar-refractivity contribution is -0.359. The van der Waals surface area contributed by atoms with Gasteiger partial charge in [-0.1, -0.05) is 226 Å². The SMILES string of the molecule is CCCCCCCCCCCCCCCCCCCCCCCCCC(=O)NC(COC1OC(CO)C(OC2OC(CO)C(O)C(O)C2O)C(O)C1O)C(O)CCCCCCCCCCCCC. The summed E-state index contributed by atoms with van der Waals surface area (Å²) >= 11 is 0. The average molecular weight is 976 g/mol. The molecule has 2 aliphatic heterocycles. The second-order valence-corrected chi connectivity index (χ2v) is 20.4. The van der Waals surface area contributed by atoms with Crippen LogP contribution in [0, 0.1) is 0 Å². The number of hydrogen-bond acceptors (Lipinski definition) is 13. The Morgan fingerprint density at radius 2 is 0.838 bits per heavy atom. The van der Waals surface area contributed by atoms with Crippen LogP contribution in [-0.4, -0.2) is 140 Å². The normalized spacial score (nSPS) is 26.3. The van der Waals surface area contributed by atoms with Crippen LogP contribution >= 0.6 is 0 Å². The first-order valence-corrected chi connectivity index (χ1v) is 28.3. The van der Waals surface area contributed by atoms with Gasteiger partial charge in [0.25, 0.3) is 0 Å². The van der Waals surface area contributed by atoms with Gasteiger partial charge < -0.3 is 65.1 Å². The molecule has 12 unspecified atom stereocenters. The van der Waals surface area contributed by atoms with Gasteiger partial charge in [-0.05, 0) is 12.8 Å². The highest BCUT2D eigenvalue weighted by Crippen LogP contribution is 2.30. The lowest BCUT2D eigenvalue weighted by atomic mass is 9.97. The van der Waals surface area contributed by atoms with Crippen molar-refractivity contribution < 1.29 is 64.6 Å². The van der Waals surface area contributed by atoms with E-state index in [1.807, 2.05) is 0 Å². The predicted octanol–water partition coefficient (Wildman–Crippen LogP) is 8.56. The standard InChI is InChI=1S/C54H105NO13/c1-3-5-7-9-11-13-15-16-17-18-19-20-21-22-23-24-25-26-28-30-32-34-36-38-46(59)55-42(43(58)37-35-33-31-29-27-14-12-10-8-6-4-2)41-65-53-51(64)49(62)52(45(40-57)67-53)68-54-50(63)48(61)47(60)44(39-56)66-54/h42-45,47-54,56-58,60-64H,3-41H2,1-2H3,(H,55,59). The van der Waals surface area contributed by atoms with Crippen molar-refractivity contribution >= 4 is 5.91 Å². The van der Waals surface area contributed by atoms with Crippen LogP contribution in [0.5, 0.6) is 0 Å². The van der Waals surface area contributed by atoms with E-state index < -0.39 is 86.8 Å². The van der Waals surface area contributed by atoms with E-state index in [-0.39, 0.29) is 12.5 Å². The number of rotatable bonds is 45. The van der Waals surface area contributed by atoms with Crippen molar-refractivity contribution in [2.45, 2.75) is 319 Å². The molecule has 404 valence electrons. The van der Waals surface area contributed by atoms with Gasteiger partial charge in [-0.2, -0.15) is 0 Å². The van der Waals surface area contributed by atoms with Crippen LogP contribution in [0.15, 0.2) is 0 Å². The molecule has 0 aromatic heterocycles. The van der Waals surface area contributed by atoms with E-state index in [9.17, 15) is 45.6 Å². The van der Waals surface area contributed by atoms with Crippen molar-refractivity contribution in [1.82, 2.24) is 5.32 Å². The minimum atomic E-state index is -1.78. The molecule has 0 radical (unpaired) electrons. The number of aliphatic hydroxyl groups excluding tert-OH is 8.